The van der Waals surface area contributed by atoms with E-state index in [0.717, 1.165) is 54.0 Å². The first-order valence-electron chi connectivity index (χ1n) is 13.2. The van der Waals surface area contributed by atoms with Gasteiger partial charge >= 0.3 is 0 Å². The van der Waals surface area contributed by atoms with Crippen LogP contribution in [0.25, 0.3) is 10.9 Å². The van der Waals surface area contributed by atoms with Gasteiger partial charge in [-0.15, -0.1) is 0 Å². The number of rotatable bonds is 7. The number of primary amides is 1. The molecule has 4 N–H and O–H groups in total. The molecule has 1 aliphatic heterocycles. The van der Waals surface area contributed by atoms with Gasteiger partial charge < -0.3 is 25.8 Å². The fourth-order valence-corrected chi connectivity index (χ4v) is 5.44. The standard InChI is InChI=1S/C31H31N7O/c1-37(27-6-4-5-26-24(27)12-16-33-26)28-19-29(35-20-25(28)31(32)39)36-23-10-8-21(9-11-23)22-13-17-38(18-14-22)30-7-2-3-15-34-30/h2-12,15-16,19-20,22,33H,13-14,17-18H2,1H3,(H2,32,39)(H,35,36). The zero-order valence-electron chi connectivity index (χ0n) is 21.8. The second-order valence-corrected chi connectivity index (χ2v) is 9.92. The largest absolute Gasteiger partial charge is 0.365 e. The number of anilines is 5. The Balaban J connectivity index is 1.18. The van der Waals surface area contributed by atoms with E-state index in [1.807, 2.05) is 66.8 Å². The molecule has 6 rings (SSSR count). The molecule has 5 aromatic rings. The molecule has 1 amide bonds. The van der Waals surface area contributed by atoms with Crippen molar-refractivity contribution in [3.63, 3.8) is 0 Å². The normalized spacial score (nSPS) is 13.9. The Hall–Kier alpha value is -4.85. The van der Waals surface area contributed by atoms with Crippen molar-refractivity contribution in [3.05, 3.63) is 103 Å². The SMILES string of the molecule is CN(c1cc(Nc2ccc(C3CCN(c4ccccn4)CC3)cc2)ncc1C(N)=O)c1cccc2[nH]ccc12. The van der Waals surface area contributed by atoms with E-state index < -0.39 is 5.91 Å². The molecule has 196 valence electrons. The van der Waals surface area contributed by atoms with Gasteiger partial charge in [-0.05, 0) is 66.8 Å². The van der Waals surface area contributed by atoms with Crippen molar-refractivity contribution in [1.29, 1.82) is 0 Å². The average Bonchev–Trinajstić information content (AvgIpc) is 3.47. The fourth-order valence-electron chi connectivity index (χ4n) is 5.44. The molecular weight excluding hydrogens is 486 g/mol. The maximum absolute atomic E-state index is 12.3. The Morgan fingerprint density at radius 3 is 2.56 bits per heavy atom. The van der Waals surface area contributed by atoms with Crippen molar-refractivity contribution < 1.29 is 4.79 Å². The molecule has 0 radical (unpaired) electrons. The lowest BCUT2D eigenvalue weighted by Gasteiger charge is -2.33. The summed E-state index contributed by atoms with van der Waals surface area (Å²) in [5, 5.41) is 4.45. The summed E-state index contributed by atoms with van der Waals surface area (Å²) in [4.78, 5) is 28.8. The summed E-state index contributed by atoms with van der Waals surface area (Å²) in [6.45, 7) is 2.01. The molecule has 0 bridgehead atoms. The van der Waals surface area contributed by atoms with Gasteiger partial charge in [0.15, 0.2) is 0 Å². The first-order chi connectivity index (χ1) is 19.1. The second-order valence-electron chi connectivity index (χ2n) is 9.92. The number of carbonyl (C=O) groups is 1. The van der Waals surface area contributed by atoms with E-state index in [2.05, 4.69) is 55.5 Å². The van der Waals surface area contributed by atoms with E-state index in [1.165, 1.54) is 11.8 Å². The van der Waals surface area contributed by atoms with Crippen LogP contribution in [-0.4, -0.2) is 41.0 Å². The lowest BCUT2D eigenvalue weighted by atomic mass is 9.89. The number of benzene rings is 2. The predicted octanol–water partition coefficient (Wildman–Crippen LogP) is 5.95. The van der Waals surface area contributed by atoms with E-state index in [4.69, 9.17) is 5.73 Å². The van der Waals surface area contributed by atoms with Crippen LogP contribution < -0.4 is 20.9 Å². The van der Waals surface area contributed by atoms with Gasteiger partial charge in [0.25, 0.3) is 5.91 Å². The lowest BCUT2D eigenvalue weighted by Crippen LogP contribution is -2.33. The number of nitrogens with zero attached hydrogens (tertiary/aromatic N) is 4. The summed E-state index contributed by atoms with van der Waals surface area (Å²) in [5.74, 6) is 1.71. The summed E-state index contributed by atoms with van der Waals surface area (Å²) in [7, 11) is 1.93. The number of aromatic amines is 1. The molecule has 0 aliphatic carbocycles. The van der Waals surface area contributed by atoms with Gasteiger partial charge in [-0.3, -0.25) is 4.79 Å². The summed E-state index contributed by atoms with van der Waals surface area (Å²) >= 11 is 0. The number of nitrogens with one attached hydrogen (secondary N) is 2. The number of pyridine rings is 2. The smallest absolute Gasteiger partial charge is 0.252 e. The summed E-state index contributed by atoms with van der Waals surface area (Å²) in [6.07, 6.45) is 7.50. The van der Waals surface area contributed by atoms with Gasteiger partial charge in [-0.2, -0.15) is 0 Å². The van der Waals surface area contributed by atoms with Crippen LogP contribution in [0.4, 0.5) is 28.7 Å². The van der Waals surface area contributed by atoms with Crippen molar-refractivity contribution >= 4 is 45.5 Å². The molecule has 1 saturated heterocycles. The van der Waals surface area contributed by atoms with Gasteiger partial charge in [-0.25, -0.2) is 9.97 Å². The highest BCUT2D eigenvalue weighted by Crippen LogP contribution is 2.35. The first kappa shape index (κ1) is 24.5. The summed E-state index contributed by atoms with van der Waals surface area (Å²) in [5.41, 5.74) is 11.0. The number of hydrogen-bond donors (Lipinski definition) is 3. The van der Waals surface area contributed by atoms with Crippen molar-refractivity contribution in [2.75, 3.05) is 35.3 Å². The molecule has 0 spiro atoms. The molecule has 8 heteroatoms. The molecule has 1 fully saturated rings. The van der Waals surface area contributed by atoms with Crippen LogP contribution in [0.1, 0.15) is 34.7 Å². The fraction of sp³-hybridized carbons (Fsp3) is 0.194. The van der Waals surface area contributed by atoms with Gasteiger partial charge in [0.1, 0.15) is 11.6 Å². The van der Waals surface area contributed by atoms with Gasteiger partial charge in [0.05, 0.1) is 16.9 Å². The van der Waals surface area contributed by atoms with E-state index >= 15 is 0 Å². The van der Waals surface area contributed by atoms with E-state index in [1.54, 1.807) is 0 Å². The molecule has 39 heavy (non-hydrogen) atoms. The number of hydrogen-bond acceptors (Lipinski definition) is 6. The highest BCUT2D eigenvalue weighted by Gasteiger charge is 2.22. The number of nitrogens with two attached hydrogens (primary N) is 1. The maximum Gasteiger partial charge on any atom is 0.252 e. The highest BCUT2D eigenvalue weighted by atomic mass is 16.1. The van der Waals surface area contributed by atoms with Crippen molar-refractivity contribution in [3.8, 4) is 0 Å². The third-order valence-electron chi connectivity index (χ3n) is 7.56. The monoisotopic (exact) mass is 517 g/mol. The third-order valence-corrected chi connectivity index (χ3v) is 7.56. The zero-order valence-corrected chi connectivity index (χ0v) is 21.8. The van der Waals surface area contributed by atoms with Crippen molar-refractivity contribution in [1.82, 2.24) is 15.0 Å². The van der Waals surface area contributed by atoms with E-state index in [-0.39, 0.29) is 0 Å². The van der Waals surface area contributed by atoms with Crippen molar-refractivity contribution in [2.45, 2.75) is 18.8 Å². The number of H-pyrrole nitrogens is 1. The van der Waals surface area contributed by atoms with Crippen LogP contribution >= 0.6 is 0 Å². The Bertz CT molecular complexity index is 1590. The molecule has 2 aromatic carbocycles. The van der Waals surface area contributed by atoms with Crippen LogP contribution in [0.3, 0.4) is 0 Å². The summed E-state index contributed by atoms with van der Waals surface area (Å²) < 4.78 is 0. The Morgan fingerprint density at radius 1 is 1.00 bits per heavy atom. The molecule has 4 heterocycles. The molecule has 0 saturated carbocycles. The zero-order chi connectivity index (χ0) is 26.8. The van der Waals surface area contributed by atoms with Gasteiger partial charge in [0, 0.05) is 61.4 Å². The predicted molar refractivity (Wildman–Crippen MR) is 157 cm³/mol. The molecular formula is C31H31N7O. The highest BCUT2D eigenvalue weighted by molar-refractivity contribution is 6.02. The van der Waals surface area contributed by atoms with Crippen molar-refractivity contribution in [2.24, 2.45) is 5.73 Å². The first-order valence-corrected chi connectivity index (χ1v) is 13.2. The average molecular weight is 518 g/mol. The lowest BCUT2D eigenvalue weighted by molar-refractivity contribution is 0.100. The molecule has 8 nitrogen and oxygen atoms in total. The van der Waals surface area contributed by atoms with Crippen LogP contribution in [0.2, 0.25) is 0 Å². The number of piperidine rings is 1. The van der Waals surface area contributed by atoms with Crippen LogP contribution in [0, 0.1) is 0 Å². The Morgan fingerprint density at radius 2 is 1.82 bits per heavy atom. The van der Waals surface area contributed by atoms with E-state index in [0.29, 0.717) is 23.0 Å². The second kappa shape index (κ2) is 10.5. The van der Waals surface area contributed by atoms with Gasteiger partial charge in [-0.1, -0.05) is 24.3 Å². The molecule has 0 unspecified atom stereocenters. The van der Waals surface area contributed by atoms with Crippen LogP contribution in [0.5, 0.6) is 0 Å². The number of aromatic nitrogens is 3. The molecule has 0 atom stereocenters. The molecule has 1 aliphatic rings. The Kier molecular flexibility index (Phi) is 6.59. The van der Waals surface area contributed by atoms with Crippen LogP contribution in [0.15, 0.2) is 91.4 Å². The quantitative estimate of drug-likeness (QED) is 0.246. The van der Waals surface area contributed by atoms with Crippen LogP contribution in [-0.2, 0) is 0 Å². The number of amides is 1. The third kappa shape index (κ3) is 5.01. The number of carbonyl (C=O) groups excluding carboxylic acids is 1. The minimum atomic E-state index is -0.518. The minimum absolute atomic E-state index is 0.364. The summed E-state index contributed by atoms with van der Waals surface area (Å²) in [6, 6.07) is 24.6. The maximum atomic E-state index is 12.3. The van der Waals surface area contributed by atoms with E-state index in [9.17, 15) is 4.79 Å². The topological polar surface area (TPSA) is 103 Å². The Labute approximate surface area is 227 Å². The number of fused-ring (bicyclic) bond motifs is 1. The molecule has 3 aromatic heterocycles. The van der Waals surface area contributed by atoms with Gasteiger partial charge in [0.2, 0.25) is 0 Å². The minimum Gasteiger partial charge on any atom is -0.365 e.